The van der Waals surface area contributed by atoms with E-state index >= 15 is 0 Å². The number of carbonyl (C=O) groups excluding carboxylic acids is 3. The van der Waals surface area contributed by atoms with Gasteiger partial charge in [-0.2, -0.15) is 5.10 Å². The van der Waals surface area contributed by atoms with Crippen molar-refractivity contribution >= 4 is 23.8 Å². The predicted molar refractivity (Wildman–Crippen MR) is 138 cm³/mol. The molecule has 0 radical (unpaired) electrons. The standard InChI is InChI=1S/C29H29N5O3/c1-19-26(8-9-27(36)31-19)34-20(2)25-12-21(6-7-24(25)28(34)37)4-5-22-14-32(15-22)16-23-13-30-33(17-23)29(18-35)10-3-11-29/h6-7,12-13,17-18,22,26H,1-3,8-11,14-16H2,(H,31,36). The van der Waals surface area contributed by atoms with E-state index in [2.05, 4.69) is 40.3 Å². The summed E-state index contributed by atoms with van der Waals surface area (Å²) >= 11 is 0. The lowest BCUT2D eigenvalue weighted by atomic mass is 9.78. The lowest BCUT2D eigenvalue weighted by molar-refractivity contribution is -0.122. The third kappa shape index (κ3) is 4.00. The summed E-state index contributed by atoms with van der Waals surface area (Å²) in [5.41, 5.74) is 4.09. The Hall–Kier alpha value is -3.96. The molecular weight excluding hydrogens is 466 g/mol. The van der Waals surface area contributed by atoms with Gasteiger partial charge in [-0.05, 0) is 43.9 Å². The van der Waals surface area contributed by atoms with E-state index in [4.69, 9.17) is 0 Å². The summed E-state index contributed by atoms with van der Waals surface area (Å²) in [7, 11) is 0. The minimum Gasteiger partial charge on any atom is -0.328 e. The zero-order chi connectivity index (χ0) is 25.7. The zero-order valence-electron chi connectivity index (χ0n) is 20.7. The van der Waals surface area contributed by atoms with Crippen LogP contribution < -0.4 is 5.32 Å². The predicted octanol–water partition coefficient (Wildman–Crippen LogP) is 2.66. The summed E-state index contributed by atoms with van der Waals surface area (Å²) in [4.78, 5) is 40.2. The topological polar surface area (TPSA) is 87.5 Å². The molecule has 0 bridgehead atoms. The van der Waals surface area contributed by atoms with Crippen molar-refractivity contribution in [3.8, 4) is 11.8 Å². The highest BCUT2D eigenvalue weighted by molar-refractivity contribution is 6.09. The minimum atomic E-state index is -0.426. The van der Waals surface area contributed by atoms with Gasteiger partial charge in [0.15, 0.2) is 0 Å². The Kier molecular flexibility index (Phi) is 5.61. The van der Waals surface area contributed by atoms with Gasteiger partial charge in [-0.1, -0.05) is 25.0 Å². The Bertz CT molecular complexity index is 1400. The highest BCUT2D eigenvalue weighted by Crippen LogP contribution is 2.38. The minimum absolute atomic E-state index is 0.0711. The van der Waals surface area contributed by atoms with Crippen LogP contribution in [-0.4, -0.2) is 56.8 Å². The lowest BCUT2D eigenvalue weighted by Crippen LogP contribution is -2.45. The van der Waals surface area contributed by atoms with Crippen LogP contribution in [0, 0.1) is 17.8 Å². The molecule has 8 nitrogen and oxygen atoms in total. The maximum atomic E-state index is 13.1. The fourth-order valence-electron chi connectivity index (χ4n) is 5.67. The van der Waals surface area contributed by atoms with E-state index in [0.29, 0.717) is 29.8 Å². The number of rotatable bonds is 5. The van der Waals surface area contributed by atoms with Gasteiger partial charge in [0.2, 0.25) is 5.91 Å². The van der Waals surface area contributed by atoms with Crippen LogP contribution in [0.2, 0.25) is 0 Å². The number of hydrogen-bond donors (Lipinski definition) is 1. The Labute approximate surface area is 216 Å². The Morgan fingerprint density at radius 3 is 2.70 bits per heavy atom. The number of hydrogen-bond acceptors (Lipinski definition) is 5. The molecule has 4 heterocycles. The van der Waals surface area contributed by atoms with Crippen LogP contribution in [-0.2, 0) is 21.7 Å². The summed E-state index contributed by atoms with van der Waals surface area (Å²) in [6.07, 6.45) is 8.61. The molecule has 8 heteroatoms. The molecule has 188 valence electrons. The summed E-state index contributed by atoms with van der Waals surface area (Å²) in [6.45, 7) is 10.7. The number of piperidine rings is 1. The van der Waals surface area contributed by atoms with E-state index in [9.17, 15) is 14.4 Å². The molecular formula is C29H29N5O3. The molecule has 1 N–H and O–H groups in total. The number of amides is 2. The normalized spacial score (nSPS) is 23.0. The molecule has 0 spiro atoms. The molecule has 2 aromatic rings. The molecule has 2 amide bonds. The van der Waals surface area contributed by atoms with Gasteiger partial charge < -0.3 is 10.1 Å². The largest absolute Gasteiger partial charge is 0.328 e. The molecule has 3 fully saturated rings. The van der Waals surface area contributed by atoms with Crippen molar-refractivity contribution in [3.05, 3.63) is 71.7 Å². The van der Waals surface area contributed by atoms with E-state index in [1.54, 1.807) is 4.90 Å². The molecule has 1 atom stereocenters. The number of fused-ring (bicyclic) bond motifs is 1. The van der Waals surface area contributed by atoms with Crippen LogP contribution in [0.15, 0.2) is 49.4 Å². The number of carbonyl (C=O) groups is 3. The summed E-state index contributed by atoms with van der Waals surface area (Å²) < 4.78 is 1.84. The van der Waals surface area contributed by atoms with Crippen molar-refractivity contribution in [3.63, 3.8) is 0 Å². The van der Waals surface area contributed by atoms with Crippen LogP contribution >= 0.6 is 0 Å². The second-order valence-electron chi connectivity index (χ2n) is 10.5. The molecule has 1 aromatic heterocycles. The van der Waals surface area contributed by atoms with Gasteiger partial charge in [-0.15, -0.1) is 0 Å². The van der Waals surface area contributed by atoms with E-state index in [1.807, 2.05) is 35.3 Å². The fraction of sp³-hybridized carbons (Fsp3) is 0.379. The van der Waals surface area contributed by atoms with Crippen LogP contribution in [0.4, 0.5) is 0 Å². The Morgan fingerprint density at radius 2 is 2.00 bits per heavy atom. The molecule has 2 saturated heterocycles. The number of nitrogens with one attached hydrogen (secondary N) is 1. The number of likely N-dealkylation sites (tertiary alicyclic amines) is 1. The fourth-order valence-corrected chi connectivity index (χ4v) is 5.67. The molecule has 3 aliphatic heterocycles. The van der Waals surface area contributed by atoms with E-state index in [-0.39, 0.29) is 23.8 Å². The number of nitrogens with zero attached hydrogens (tertiary/aromatic N) is 4. The molecule has 1 saturated carbocycles. The first-order chi connectivity index (χ1) is 17.9. The van der Waals surface area contributed by atoms with Crippen LogP contribution in [0.3, 0.4) is 0 Å². The third-order valence-electron chi connectivity index (χ3n) is 8.04. The van der Waals surface area contributed by atoms with E-state index in [0.717, 1.165) is 61.9 Å². The monoisotopic (exact) mass is 495 g/mol. The van der Waals surface area contributed by atoms with E-state index in [1.165, 1.54) is 0 Å². The first-order valence-electron chi connectivity index (χ1n) is 12.8. The van der Waals surface area contributed by atoms with Crippen molar-refractivity contribution in [2.75, 3.05) is 13.1 Å². The van der Waals surface area contributed by atoms with Crippen molar-refractivity contribution in [2.45, 2.75) is 50.2 Å². The summed E-state index contributed by atoms with van der Waals surface area (Å²) in [6, 6.07) is 5.34. The highest BCUT2D eigenvalue weighted by atomic mass is 16.2. The van der Waals surface area contributed by atoms with Crippen molar-refractivity contribution in [2.24, 2.45) is 5.92 Å². The summed E-state index contributed by atoms with van der Waals surface area (Å²) in [5, 5.41) is 7.20. The van der Waals surface area contributed by atoms with Crippen molar-refractivity contribution in [1.82, 2.24) is 24.9 Å². The zero-order valence-corrected chi connectivity index (χ0v) is 20.7. The molecule has 4 aliphatic rings. The highest BCUT2D eigenvalue weighted by Gasteiger charge is 2.40. The third-order valence-corrected chi connectivity index (χ3v) is 8.04. The van der Waals surface area contributed by atoms with Crippen molar-refractivity contribution < 1.29 is 14.4 Å². The second-order valence-corrected chi connectivity index (χ2v) is 10.5. The maximum Gasteiger partial charge on any atom is 0.259 e. The average Bonchev–Trinajstić information content (AvgIpc) is 3.38. The smallest absolute Gasteiger partial charge is 0.259 e. The second kappa shape index (κ2) is 8.86. The molecule has 37 heavy (non-hydrogen) atoms. The van der Waals surface area contributed by atoms with Gasteiger partial charge in [-0.25, -0.2) is 0 Å². The van der Waals surface area contributed by atoms with Gasteiger partial charge in [0.1, 0.15) is 11.8 Å². The van der Waals surface area contributed by atoms with Gasteiger partial charge >= 0.3 is 0 Å². The van der Waals surface area contributed by atoms with Gasteiger partial charge in [-0.3, -0.25) is 24.1 Å². The average molecular weight is 496 g/mol. The van der Waals surface area contributed by atoms with Crippen LogP contribution in [0.25, 0.3) is 5.70 Å². The molecule has 1 unspecified atom stereocenters. The van der Waals surface area contributed by atoms with Gasteiger partial charge in [0.25, 0.3) is 5.91 Å². The molecule has 1 aromatic carbocycles. The van der Waals surface area contributed by atoms with Gasteiger partial charge in [0, 0.05) is 71.8 Å². The Balaban J connectivity index is 1.07. The van der Waals surface area contributed by atoms with E-state index < -0.39 is 5.54 Å². The SMILES string of the molecule is C=C1NC(=O)CCC1N1C(=C)c2cc(C#CC3CN(Cc4cnn(C5(C=O)CCC5)c4)C3)ccc2C1=O. The van der Waals surface area contributed by atoms with Crippen LogP contribution in [0.5, 0.6) is 0 Å². The maximum absolute atomic E-state index is 13.1. The van der Waals surface area contributed by atoms with Gasteiger partial charge in [0.05, 0.1) is 12.2 Å². The Morgan fingerprint density at radius 1 is 1.19 bits per heavy atom. The van der Waals surface area contributed by atoms with Crippen LogP contribution in [0.1, 0.15) is 59.2 Å². The number of aldehydes is 1. The first kappa shape index (κ1) is 23.4. The summed E-state index contributed by atoms with van der Waals surface area (Å²) in [5.74, 6) is 6.74. The first-order valence-corrected chi connectivity index (χ1v) is 12.8. The van der Waals surface area contributed by atoms with Crippen molar-refractivity contribution in [1.29, 1.82) is 0 Å². The number of benzene rings is 1. The quantitative estimate of drug-likeness (QED) is 0.509. The lowest BCUT2D eigenvalue weighted by Gasteiger charge is -2.37. The molecule has 6 rings (SSSR count). The molecule has 1 aliphatic carbocycles. The number of aromatic nitrogens is 2.